The largest absolute Gasteiger partial charge is 0.461 e. The third kappa shape index (κ3) is 2.81. The second-order valence-electron chi connectivity index (χ2n) is 5.66. The van der Waals surface area contributed by atoms with E-state index in [-0.39, 0.29) is 12.3 Å². The van der Waals surface area contributed by atoms with Crippen LogP contribution in [0.5, 0.6) is 0 Å². The molecule has 4 aromatic heterocycles. The van der Waals surface area contributed by atoms with Crippen molar-refractivity contribution in [2.45, 2.75) is 13.8 Å². The summed E-state index contributed by atoms with van der Waals surface area (Å²) < 4.78 is 8.39. The second-order valence-corrected chi connectivity index (χ2v) is 5.66. The van der Waals surface area contributed by atoms with Gasteiger partial charge in [-0.1, -0.05) is 6.07 Å². The molecule has 0 amide bonds. The van der Waals surface area contributed by atoms with Crippen LogP contribution < -0.4 is 0 Å². The maximum atomic E-state index is 12.2. The molecule has 0 saturated heterocycles. The third-order valence-electron chi connectivity index (χ3n) is 3.85. The minimum Gasteiger partial charge on any atom is -0.461 e. The first kappa shape index (κ1) is 15.9. The number of pyridine rings is 2. The SMILES string of the molecule is CCOC(=O)c1cc(-c2ccc3ncnn3c2)n(-c2cccc(C)n2)n1. The molecular weight excluding hydrogens is 332 g/mol. The second kappa shape index (κ2) is 6.40. The minimum atomic E-state index is -0.470. The Morgan fingerprint density at radius 3 is 2.92 bits per heavy atom. The van der Waals surface area contributed by atoms with E-state index in [1.54, 1.807) is 22.2 Å². The Hall–Kier alpha value is -3.55. The number of fused-ring (bicyclic) bond motifs is 1. The van der Waals surface area contributed by atoms with Crippen molar-refractivity contribution in [1.82, 2.24) is 29.4 Å². The lowest BCUT2D eigenvalue weighted by atomic mass is 10.2. The molecular formula is C18H16N6O2. The summed E-state index contributed by atoms with van der Waals surface area (Å²) in [5, 5.41) is 8.58. The maximum Gasteiger partial charge on any atom is 0.358 e. The molecule has 0 aliphatic carbocycles. The van der Waals surface area contributed by atoms with Gasteiger partial charge in [-0.25, -0.2) is 24.0 Å². The van der Waals surface area contributed by atoms with Gasteiger partial charge in [-0.2, -0.15) is 10.2 Å². The van der Waals surface area contributed by atoms with Crippen molar-refractivity contribution in [1.29, 1.82) is 0 Å². The van der Waals surface area contributed by atoms with Crippen molar-refractivity contribution in [2.75, 3.05) is 6.61 Å². The highest BCUT2D eigenvalue weighted by Crippen LogP contribution is 2.24. The van der Waals surface area contributed by atoms with E-state index >= 15 is 0 Å². The molecule has 0 atom stereocenters. The molecule has 0 aromatic carbocycles. The van der Waals surface area contributed by atoms with Gasteiger partial charge in [-0.3, -0.25) is 0 Å². The van der Waals surface area contributed by atoms with Crippen LogP contribution in [0.2, 0.25) is 0 Å². The molecule has 0 aliphatic rings. The Morgan fingerprint density at radius 1 is 1.23 bits per heavy atom. The Balaban J connectivity index is 1.89. The number of carbonyl (C=O) groups excluding carboxylic acids is 1. The molecule has 26 heavy (non-hydrogen) atoms. The predicted octanol–water partition coefficient (Wildman–Crippen LogP) is 2.46. The lowest BCUT2D eigenvalue weighted by Gasteiger charge is -2.07. The van der Waals surface area contributed by atoms with Crippen LogP contribution in [0.4, 0.5) is 0 Å². The number of nitrogens with zero attached hydrogens (tertiary/aromatic N) is 6. The molecule has 0 spiro atoms. The summed E-state index contributed by atoms with van der Waals surface area (Å²) >= 11 is 0. The summed E-state index contributed by atoms with van der Waals surface area (Å²) in [7, 11) is 0. The average Bonchev–Trinajstić information content (AvgIpc) is 3.28. The van der Waals surface area contributed by atoms with Crippen LogP contribution in [0, 0.1) is 6.92 Å². The summed E-state index contributed by atoms with van der Waals surface area (Å²) in [6, 6.07) is 11.1. The van der Waals surface area contributed by atoms with Gasteiger partial charge in [0, 0.05) is 17.5 Å². The number of carbonyl (C=O) groups is 1. The molecule has 8 nitrogen and oxygen atoms in total. The van der Waals surface area contributed by atoms with Gasteiger partial charge in [0.05, 0.1) is 12.3 Å². The summed E-state index contributed by atoms with van der Waals surface area (Å²) in [4.78, 5) is 20.8. The molecule has 0 saturated carbocycles. The standard InChI is InChI=1S/C18H16N6O2/c1-3-26-18(25)14-9-15(13-7-8-16-19-11-20-23(16)10-13)24(22-14)17-6-4-5-12(2)21-17/h4-11H,3H2,1-2H3. The van der Waals surface area contributed by atoms with Crippen LogP contribution in [0.25, 0.3) is 22.7 Å². The van der Waals surface area contributed by atoms with E-state index in [0.717, 1.165) is 16.9 Å². The van der Waals surface area contributed by atoms with E-state index in [1.165, 1.54) is 6.33 Å². The van der Waals surface area contributed by atoms with Crippen molar-refractivity contribution in [3.8, 4) is 17.1 Å². The van der Waals surface area contributed by atoms with Crippen molar-refractivity contribution in [3.05, 3.63) is 60.3 Å². The fraction of sp³-hybridized carbons (Fsp3) is 0.167. The number of aromatic nitrogens is 6. The van der Waals surface area contributed by atoms with Crippen LogP contribution in [0.15, 0.2) is 48.9 Å². The molecule has 0 radical (unpaired) electrons. The highest BCUT2D eigenvalue weighted by atomic mass is 16.5. The quantitative estimate of drug-likeness (QED) is 0.527. The molecule has 0 aliphatic heterocycles. The van der Waals surface area contributed by atoms with Gasteiger partial charge < -0.3 is 4.74 Å². The summed E-state index contributed by atoms with van der Waals surface area (Å²) in [6.45, 7) is 3.95. The zero-order valence-corrected chi connectivity index (χ0v) is 14.3. The van der Waals surface area contributed by atoms with E-state index in [1.807, 2.05) is 43.5 Å². The van der Waals surface area contributed by atoms with Gasteiger partial charge in [-0.15, -0.1) is 0 Å². The monoisotopic (exact) mass is 348 g/mol. The average molecular weight is 348 g/mol. The van der Waals surface area contributed by atoms with Gasteiger partial charge in [0.2, 0.25) is 0 Å². The van der Waals surface area contributed by atoms with Crippen LogP contribution >= 0.6 is 0 Å². The topological polar surface area (TPSA) is 87.2 Å². The Labute approximate surface area is 149 Å². The molecule has 8 heteroatoms. The van der Waals surface area contributed by atoms with Gasteiger partial charge in [0.15, 0.2) is 17.2 Å². The molecule has 0 fully saturated rings. The van der Waals surface area contributed by atoms with E-state index in [0.29, 0.717) is 11.5 Å². The first-order valence-electron chi connectivity index (χ1n) is 8.16. The van der Waals surface area contributed by atoms with Crippen LogP contribution in [-0.2, 0) is 4.74 Å². The molecule has 0 N–H and O–H groups in total. The molecule has 0 unspecified atom stereocenters. The van der Waals surface area contributed by atoms with E-state index in [2.05, 4.69) is 20.2 Å². The van der Waals surface area contributed by atoms with Crippen molar-refractivity contribution < 1.29 is 9.53 Å². The fourth-order valence-electron chi connectivity index (χ4n) is 2.68. The van der Waals surface area contributed by atoms with Crippen LogP contribution in [0.1, 0.15) is 23.1 Å². The van der Waals surface area contributed by atoms with Gasteiger partial charge >= 0.3 is 5.97 Å². The van der Waals surface area contributed by atoms with Crippen LogP contribution in [0.3, 0.4) is 0 Å². The summed E-state index contributed by atoms with van der Waals surface area (Å²) in [5.74, 6) is 0.149. The maximum absolute atomic E-state index is 12.2. The van der Waals surface area contributed by atoms with Crippen molar-refractivity contribution in [3.63, 3.8) is 0 Å². The predicted molar refractivity (Wildman–Crippen MR) is 94.0 cm³/mol. The third-order valence-corrected chi connectivity index (χ3v) is 3.85. The highest BCUT2D eigenvalue weighted by Gasteiger charge is 2.18. The molecule has 130 valence electrons. The Morgan fingerprint density at radius 2 is 2.12 bits per heavy atom. The number of rotatable bonds is 4. The van der Waals surface area contributed by atoms with E-state index in [4.69, 9.17) is 4.74 Å². The normalized spacial score (nSPS) is 11.0. The van der Waals surface area contributed by atoms with E-state index < -0.39 is 5.97 Å². The van der Waals surface area contributed by atoms with Gasteiger partial charge in [0.25, 0.3) is 0 Å². The Kier molecular flexibility index (Phi) is 3.92. The lowest BCUT2D eigenvalue weighted by molar-refractivity contribution is 0.0519. The molecule has 0 bridgehead atoms. The van der Waals surface area contributed by atoms with Gasteiger partial charge in [-0.05, 0) is 44.2 Å². The zero-order valence-electron chi connectivity index (χ0n) is 14.3. The fourth-order valence-corrected chi connectivity index (χ4v) is 2.68. The smallest absolute Gasteiger partial charge is 0.358 e. The number of aryl methyl sites for hydroxylation is 1. The minimum absolute atomic E-state index is 0.226. The van der Waals surface area contributed by atoms with Crippen molar-refractivity contribution >= 4 is 11.6 Å². The highest BCUT2D eigenvalue weighted by molar-refractivity contribution is 5.89. The number of hydrogen-bond acceptors (Lipinski definition) is 6. The Bertz CT molecular complexity index is 1100. The van der Waals surface area contributed by atoms with Crippen LogP contribution in [-0.4, -0.2) is 41.9 Å². The number of hydrogen-bond donors (Lipinski definition) is 0. The van der Waals surface area contributed by atoms with E-state index in [9.17, 15) is 4.79 Å². The first-order chi connectivity index (χ1) is 12.7. The molecule has 4 heterocycles. The zero-order chi connectivity index (χ0) is 18.1. The van der Waals surface area contributed by atoms with Gasteiger partial charge in [0.1, 0.15) is 6.33 Å². The first-order valence-corrected chi connectivity index (χ1v) is 8.16. The summed E-state index contributed by atoms with van der Waals surface area (Å²) in [5.41, 5.74) is 3.36. The number of esters is 1. The summed E-state index contributed by atoms with van der Waals surface area (Å²) in [6.07, 6.45) is 3.32. The number of ether oxygens (including phenoxy) is 1. The molecule has 4 rings (SSSR count). The van der Waals surface area contributed by atoms with Crippen molar-refractivity contribution in [2.24, 2.45) is 0 Å². The lowest BCUT2D eigenvalue weighted by Crippen LogP contribution is -2.07. The molecule has 4 aromatic rings.